The Balaban J connectivity index is 2.06. The number of hydrogen-bond donors (Lipinski definition) is 1. The van der Waals surface area contributed by atoms with Gasteiger partial charge in [-0.2, -0.15) is 0 Å². The highest BCUT2D eigenvalue weighted by Crippen LogP contribution is 2.25. The third-order valence-corrected chi connectivity index (χ3v) is 3.54. The molecule has 0 fully saturated rings. The standard InChI is InChI=1S/C16H18BrNO2/c1-11(18)12-3-6-15(7-4-12)20-10-13-9-14(17)5-8-16(13)19-2/h3-9,11H,10,18H2,1-2H3/t11-/m1/s1. The molecule has 0 saturated heterocycles. The van der Waals surface area contributed by atoms with E-state index in [0.717, 1.165) is 27.1 Å². The molecule has 0 aliphatic heterocycles. The summed E-state index contributed by atoms with van der Waals surface area (Å²) < 4.78 is 12.1. The van der Waals surface area contributed by atoms with Crippen molar-refractivity contribution in [1.29, 1.82) is 0 Å². The minimum atomic E-state index is 0.0363. The van der Waals surface area contributed by atoms with Crippen molar-refractivity contribution < 1.29 is 9.47 Å². The number of rotatable bonds is 5. The van der Waals surface area contributed by atoms with Crippen LogP contribution in [0.5, 0.6) is 11.5 Å². The van der Waals surface area contributed by atoms with Gasteiger partial charge in [-0.25, -0.2) is 0 Å². The van der Waals surface area contributed by atoms with E-state index in [1.807, 2.05) is 49.4 Å². The molecule has 0 aliphatic rings. The maximum Gasteiger partial charge on any atom is 0.125 e. The van der Waals surface area contributed by atoms with E-state index >= 15 is 0 Å². The normalized spacial score (nSPS) is 12.0. The maximum atomic E-state index is 5.82. The largest absolute Gasteiger partial charge is 0.496 e. The Bertz CT molecular complexity index is 567. The smallest absolute Gasteiger partial charge is 0.125 e. The van der Waals surface area contributed by atoms with Crippen LogP contribution < -0.4 is 15.2 Å². The monoisotopic (exact) mass is 335 g/mol. The first-order valence-electron chi connectivity index (χ1n) is 6.41. The lowest BCUT2D eigenvalue weighted by molar-refractivity contribution is 0.296. The molecule has 0 bridgehead atoms. The summed E-state index contributed by atoms with van der Waals surface area (Å²) >= 11 is 3.45. The molecule has 0 heterocycles. The molecule has 1 atom stereocenters. The summed E-state index contributed by atoms with van der Waals surface area (Å²) in [5.41, 5.74) is 7.91. The van der Waals surface area contributed by atoms with Gasteiger partial charge in [0.1, 0.15) is 18.1 Å². The molecule has 2 rings (SSSR count). The second kappa shape index (κ2) is 6.77. The van der Waals surface area contributed by atoms with Gasteiger partial charge in [-0.3, -0.25) is 0 Å². The molecule has 0 amide bonds. The van der Waals surface area contributed by atoms with E-state index in [2.05, 4.69) is 15.9 Å². The second-order valence-electron chi connectivity index (χ2n) is 4.60. The van der Waals surface area contributed by atoms with Gasteiger partial charge in [0, 0.05) is 16.1 Å². The van der Waals surface area contributed by atoms with E-state index in [1.165, 1.54) is 0 Å². The van der Waals surface area contributed by atoms with Gasteiger partial charge in [-0.1, -0.05) is 28.1 Å². The van der Waals surface area contributed by atoms with Crippen LogP contribution in [0.2, 0.25) is 0 Å². The van der Waals surface area contributed by atoms with Gasteiger partial charge in [0.15, 0.2) is 0 Å². The number of methoxy groups -OCH3 is 1. The van der Waals surface area contributed by atoms with Gasteiger partial charge >= 0.3 is 0 Å². The molecular weight excluding hydrogens is 318 g/mol. The summed E-state index contributed by atoms with van der Waals surface area (Å²) in [5, 5.41) is 0. The van der Waals surface area contributed by atoms with Crippen molar-refractivity contribution in [2.75, 3.05) is 7.11 Å². The highest BCUT2D eigenvalue weighted by atomic mass is 79.9. The summed E-state index contributed by atoms with van der Waals surface area (Å²) in [5.74, 6) is 1.64. The molecule has 0 saturated carbocycles. The third-order valence-electron chi connectivity index (χ3n) is 3.04. The molecule has 0 unspecified atom stereocenters. The zero-order chi connectivity index (χ0) is 14.5. The number of hydrogen-bond acceptors (Lipinski definition) is 3. The van der Waals surface area contributed by atoms with Gasteiger partial charge in [0.05, 0.1) is 7.11 Å². The minimum absolute atomic E-state index is 0.0363. The lowest BCUT2D eigenvalue weighted by Crippen LogP contribution is -2.04. The molecule has 3 nitrogen and oxygen atoms in total. The maximum absolute atomic E-state index is 5.82. The Morgan fingerprint density at radius 3 is 2.45 bits per heavy atom. The molecule has 2 aromatic carbocycles. The van der Waals surface area contributed by atoms with Crippen LogP contribution in [0, 0.1) is 0 Å². The van der Waals surface area contributed by atoms with Crippen LogP contribution >= 0.6 is 15.9 Å². The number of nitrogens with two attached hydrogens (primary N) is 1. The van der Waals surface area contributed by atoms with E-state index in [9.17, 15) is 0 Å². The predicted molar refractivity (Wildman–Crippen MR) is 84.1 cm³/mol. The molecule has 4 heteroatoms. The van der Waals surface area contributed by atoms with Crippen LogP contribution in [0.3, 0.4) is 0 Å². The molecule has 0 radical (unpaired) electrons. The third kappa shape index (κ3) is 3.74. The Morgan fingerprint density at radius 2 is 1.85 bits per heavy atom. The van der Waals surface area contributed by atoms with Crippen LogP contribution in [-0.4, -0.2) is 7.11 Å². The van der Waals surface area contributed by atoms with E-state index in [0.29, 0.717) is 6.61 Å². The van der Waals surface area contributed by atoms with Crippen LogP contribution in [0.1, 0.15) is 24.1 Å². The van der Waals surface area contributed by atoms with Crippen LogP contribution in [0.4, 0.5) is 0 Å². The lowest BCUT2D eigenvalue weighted by Gasteiger charge is -2.12. The van der Waals surface area contributed by atoms with Gasteiger partial charge in [0.2, 0.25) is 0 Å². The van der Waals surface area contributed by atoms with Crippen LogP contribution in [0.25, 0.3) is 0 Å². The average molecular weight is 336 g/mol. The van der Waals surface area contributed by atoms with Gasteiger partial charge < -0.3 is 15.2 Å². The quantitative estimate of drug-likeness (QED) is 0.896. The van der Waals surface area contributed by atoms with Crippen molar-refractivity contribution in [3.05, 3.63) is 58.1 Å². The topological polar surface area (TPSA) is 44.5 Å². The molecule has 0 aliphatic carbocycles. The summed E-state index contributed by atoms with van der Waals surface area (Å²) in [4.78, 5) is 0. The predicted octanol–water partition coefficient (Wildman–Crippen LogP) is 4.06. The summed E-state index contributed by atoms with van der Waals surface area (Å²) in [7, 11) is 1.66. The van der Waals surface area contributed by atoms with Crippen molar-refractivity contribution in [2.24, 2.45) is 5.73 Å². The number of benzene rings is 2. The Labute approximate surface area is 127 Å². The molecule has 2 N–H and O–H groups in total. The fourth-order valence-electron chi connectivity index (χ4n) is 1.89. The minimum Gasteiger partial charge on any atom is -0.496 e. The molecular formula is C16H18BrNO2. The highest BCUT2D eigenvalue weighted by Gasteiger charge is 2.05. The summed E-state index contributed by atoms with van der Waals surface area (Å²) in [6, 6.07) is 13.7. The molecule has 106 valence electrons. The molecule has 20 heavy (non-hydrogen) atoms. The van der Waals surface area contributed by atoms with Crippen molar-refractivity contribution in [3.63, 3.8) is 0 Å². The van der Waals surface area contributed by atoms with Crippen molar-refractivity contribution in [1.82, 2.24) is 0 Å². The fraction of sp³-hybridized carbons (Fsp3) is 0.250. The molecule has 0 aromatic heterocycles. The molecule has 0 spiro atoms. The summed E-state index contributed by atoms with van der Waals surface area (Å²) in [6.45, 7) is 2.42. The fourth-order valence-corrected chi connectivity index (χ4v) is 2.30. The van der Waals surface area contributed by atoms with E-state index < -0.39 is 0 Å². The first kappa shape index (κ1) is 14.9. The van der Waals surface area contributed by atoms with Gasteiger partial charge in [-0.15, -0.1) is 0 Å². The van der Waals surface area contributed by atoms with Gasteiger partial charge in [-0.05, 0) is 42.8 Å². The lowest BCUT2D eigenvalue weighted by atomic mass is 10.1. The first-order chi connectivity index (χ1) is 9.60. The Morgan fingerprint density at radius 1 is 1.15 bits per heavy atom. The van der Waals surface area contributed by atoms with Crippen molar-refractivity contribution in [2.45, 2.75) is 19.6 Å². The van der Waals surface area contributed by atoms with Crippen LogP contribution in [0.15, 0.2) is 46.9 Å². The van der Waals surface area contributed by atoms with Crippen molar-refractivity contribution in [3.8, 4) is 11.5 Å². The Hall–Kier alpha value is -1.52. The van der Waals surface area contributed by atoms with E-state index in [1.54, 1.807) is 7.11 Å². The van der Waals surface area contributed by atoms with E-state index in [4.69, 9.17) is 15.2 Å². The zero-order valence-electron chi connectivity index (χ0n) is 11.6. The van der Waals surface area contributed by atoms with Gasteiger partial charge in [0.25, 0.3) is 0 Å². The average Bonchev–Trinajstić information content (AvgIpc) is 2.45. The highest BCUT2D eigenvalue weighted by molar-refractivity contribution is 9.10. The van der Waals surface area contributed by atoms with Crippen molar-refractivity contribution >= 4 is 15.9 Å². The second-order valence-corrected chi connectivity index (χ2v) is 5.52. The number of halogens is 1. The van der Waals surface area contributed by atoms with Crippen LogP contribution in [-0.2, 0) is 6.61 Å². The Kier molecular flexibility index (Phi) is 5.04. The van der Waals surface area contributed by atoms with E-state index in [-0.39, 0.29) is 6.04 Å². The SMILES string of the molecule is COc1ccc(Br)cc1COc1ccc([C@@H](C)N)cc1. The molecule has 2 aromatic rings. The summed E-state index contributed by atoms with van der Waals surface area (Å²) in [6.07, 6.45) is 0. The zero-order valence-corrected chi connectivity index (χ0v) is 13.2. The first-order valence-corrected chi connectivity index (χ1v) is 7.20. The number of ether oxygens (including phenoxy) is 2.